The minimum Gasteiger partial charge on any atom is -0.346 e. The van der Waals surface area contributed by atoms with E-state index in [2.05, 4.69) is 23.3 Å². The van der Waals surface area contributed by atoms with Crippen LogP contribution in [0.4, 0.5) is 0 Å². The number of aromatic nitrogens is 2. The number of hydrogen-bond donors (Lipinski definition) is 1. The van der Waals surface area contributed by atoms with Crippen LogP contribution in [0, 0.1) is 6.92 Å². The third-order valence-electron chi connectivity index (χ3n) is 4.11. The summed E-state index contributed by atoms with van der Waals surface area (Å²) in [5, 5.41) is 3.82. The van der Waals surface area contributed by atoms with Crippen molar-refractivity contribution in [3.63, 3.8) is 0 Å². The van der Waals surface area contributed by atoms with Crippen LogP contribution in [0.2, 0.25) is 0 Å². The molecular formula is C21H17N3OS. The number of amides is 1. The molecule has 1 N–H and O–H groups in total. The molecule has 0 radical (unpaired) electrons. The predicted molar refractivity (Wildman–Crippen MR) is 105 cm³/mol. The number of hydrogen-bond acceptors (Lipinski definition) is 4. The summed E-state index contributed by atoms with van der Waals surface area (Å²) in [6.45, 7) is 2.46. The Morgan fingerprint density at radius 1 is 1.08 bits per heavy atom. The SMILES string of the molecule is Cc1ccc(-c2cc(C(=O)NCc3ccccn3)c3ccccc3n2)s1. The molecule has 0 aliphatic heterocycles. The zero-order valence-electron chi connectivity index (χ0n) is 14.3. The molecule has 4 nitrogen and oxygen atoms in total. The number of benzene rings is 1. The first-order valence-corrected chi connectivity index (χ1v) is 9.17. The Balaban J connectivity index is 1.71. The second-order valence-corrected chi connectivity index (χ2v) is 7.27. The molecule has 1 amide bonds. The molecule has 0 saturated carbocycles. The Labute approximate surface area is 155 Å². The van der Waals surface area contributed by atoms with E-state index in [1.54, 1.807) is 17.5 Å². The summed E-state index contributed by atoms with van der Waals surface area (Å²) >= 11 is 1.68. The van der Waals surface area contributed by atoms with E-state index >= 15 is 0 Å². The molecule has 0 aliphatic rings. The molecular weight excluding hydrogens is 342 g/mol. The van der Waals surface area contributed by atoms with E-state index in [-0.39, 0.29) is 5.91 Å². The van der Waals surface area contributed by atoms with E-state index in [1.807, 2.05) is 54.6 Å². The van der Waals surface area contributed by atoms with Crippen LogP contribution in [-0.2, 0) is 6.54 Å². The van der Waals surface area contributed by atoms with E-state index < -0.39 is 0 Å². The van der Waals surface area contributed by atoms with Crippen LogP contribution in [0.25, 0.3) is 21.5 Å². The summed E-state index contributed by atoms with van der Waals surface area (Å²) in [6, 6.07) is 19.4. The molecule has 0 atom stereocenters. The van der Waals surface area contributed by atoms with Gasteiger partial charge in [-0.25, -0.2) is 4.98 Å². The molecule has 0 bridgehead atoms. The lowest BCUT2D eigenvalue weighted by Gasteiger charge is -2.10. The van der Waals surface area contributed by atoms with Crippen molar-refractivity contribution in [1.82, 2.24) is 15.3 Å². The number of pyridine rings is 2. The molecule has 26 heavy (non-hydrogen) atoms. The minimum absolute atomic E-state index is 0.121. The summed E-state index contributed by atoms with van der Waals surface area (Å²) < 4.78 is 0. The minimum atomic E-state index is -0.121. The van der Waals surface area contributed by atoms with Crippen LogP contribution >= 0.6 is 11.3 Å². The fraction of sp³-hybridized carbons (Fsp3) is 0.0952. The number of carbonyl (C=O) groups is 1. The van der Waals surface area contributed by atoms with Crippen molar-refractivity contribution in [2.24, 2.45) is 0 Å². The van der Waals surface area contributed by atoms with Gasteiger partial charge in [-0.15, -0.1) is 11.3 Å². The van der Waals surface area contributed by atoms with Gasteiger partial charge in [-0.1, -0.05) is 24.3 Å². The number of nitrogens with one attached hydrogen (secondary N) is 1. The quantitative estimate of drug-likeness (QED) is 0.579. The summed E-state index contributed by atoms with van der Waals surface area (Å²) in [4.78, 5) is 24.1. The van der Waals surface area contributed by atoms with Gasteiger partial charge in [-0.3, -0.25) is 9.78 Å². The molecule has 0 spiro atoms. The average molecular weight is 359 g/mol. The molecule has 5 heteroatoms. The molecule has 3 heterocycles. The van der Waals surface area contributed by atoms with Gasteiger partial charge in [0.2, 0.25) is 0 Å². The molecule has 1 aromatic carbocycles. The molecule has 0 unspecified atom stereocenters. The van der Waals surface area contributed by atoms with Gasteiger partial charge in [0.15, 0.2) is 0 Å². The van der Waals surface area contributed by atoms with Crippen molar-refractivity contribution in [2.75, 3.05) is 0 Å². The molecule has 4 rings (SSSR count). The summed E-state index contributed by atoms with van der Waals surface area (Å²) in [5.41, 5.74) is 3.10. The third-order valence-corrected chi connectivity index (χ3v) is 5.13. The largest absolute Gasteiger partial charge is 0.346 e. The van der Waals surface area contributed by atoms with Crippen molar-refractivity contribution >= 4 is 28.1 Å². The van der Waals surface area contributed by atoms with E-state index in [0.29, 0.717) is 12.1 Å². The number of aryl methyl sites for hydroxylation is 1. The van der Waals surface area contributed by atoms with Gasteiger partial charge in [0.05, 0.1) is 33.9 Å². The maximum absolute atomic E-state index is 12.9. The Morgan fingerprint density at radius 3 is 2.69 bits per heavy atom. The van der Waals surface area contributed by atoms with Crippen LogP contribution in [0.3, 0.4) is 0 Å². The standard InChI is InChI=1S/C21H17N3OS/c1-14-9-10-20(26-14)19-12-17(16-7-2-3-8-18(16)24-19)21(25)23-13-15-6-4-5-11-22-15/h2-12H,13H2,1H3,(H,23,25). The van der Waals surface area contributed by atoms with Gasteiger partial charge >= 0.3 is 0 Å². The van der Waals surface area contributed by atoms with Crippen molar-refractivity contribution in [3.8, 4) is 10.6 Å². The number of carbonyl (C=O) groups excluding carboxylic acids is 1. The third kappa shape index (κ3) is 3.34. The van der Waals surface area contributed by atoms with E-state index in [9.17, 15) is 4.79 Å². The van der Waals surface area contributed by atoms with Crippen LogP contribution in [0.1, 0.15) is 20.9 Å². The van der Waals surface area contributed by atoms with Gasteiger partial charge in [0.1, 0.15) is 0 Å². The summed E-state index contributed by atoms with van der Waals surface area (Å²) in [5.74, 6) is -0.121. The topological polar surface area (TPSA) is 54.9 Å². The number of nitrogens with zero attached hydrogens (tertiary/aromatic N) is 2. The van der Waals surface area contributed by atoms with Crippen molar-refractivity contribution in [3.05, 3.63) is 83.0 Å². The second-order valence-electron chi connectivity index (χ2n) is 5.99. The molecule has 0 aliphatic carbocycles. The molecule has 4 aromatic rings. The molecule has 3 aromatic heterocycles. The van der Waals surface area contributed by atoms with E-state index in [0.717, 1.165) is 27.2 Å². The zero-order valence-corrected chi connectivity index (χ0v) is 15.1. The number of thiophene rings is 1. The van der Waals surface area contributed by atoms with Crippen molar-refractivity contribution < 1.29 is 4.79 Å². The first-order valence-electron chi connectivity index (χ1n) is 8.35. The lowest BCUT2D eigenvalue weighted by atomic mass is 10.1. The Hall–Kier alpha value is -3.05. The molecule has 128 valence electrons. The zero-order chi connectivity index (χ0) is 17.9. The second kappa shape index (κ2) is 7.06. The van der Waals surface area contributed by atoms with Gasteiger partial charge in [-0.05, 0) is 43.3 Å². The van der Waals surface area contributed by atoms with Crippen molar-refractivity contribution in [1.29, 1.82) is 0 Å². The van der Waals surface area contributed by atoms with Crippen LogP contribution in [0.15, 0.2) is 66.9 Å². The Kier molecular flexibility index (Phi) is 4.46. The highest BCUT2D eigenvalue weighted by molar-refractivity contribution is 7.15. The summed E-state index contributed by atoms with van der Waals surface area (Å²) in [6.07, 6.45) is 1.72. The van der Waals surface area contributed by atoms with Gasteiger partial charge in [-0.2, -0.15) is 0 Å². The number of rotatable bonds is 4. The number of fused-ring (bicyclic) bond motifs is 1. The summed E-state index contributed by atoms with van der Waals surface area (Å²) in [7, 11) is 0. The fourth-order valence-electron chi connectivity index (χ4n) is 2.83. The van der Waals surface area contributed by atoms with Gasteiger partial charge in [0, 0.05) is 16.5 Å². The average Bonchev–Trinajstić information content (AvgIpc) is 3.12. The van der Waals surface area contributed by atoms with Crippen molar-refractivity contribution in [2.45, 2.75) is 13.5 Å². The first kappa shape index (κ1) is 16.4. The highest BCUT2D eigenvalue weighted by Gasteiger charge is 2.14. The van der Waals surface area contributed by atoms with Gasteiger partial charge < -0.3 is 5.32 Å². The monoisotopic (exact) mass is 359 g/mol. The lowest BCUT2D eigenvalue weighted by molar-refractivity contribution is 0.0952. The highest BCUT2D eigenvalue weighted by Crippen LogP contribution is 2.29. The smallest absolute Gasteiger partial charge is 0.252 e. The maximum atomic E-state index is 12.9. The Morgan fingerprint density at radius 2 is 1.92 bits per heavy atom. The Bertz CT molecular complexity index is 1070. The van der Waals surface area contributed by atoms with Crippen LogP contribution < -0.4 is 5.32 Å². The lowest BCUT2D eigenvalue weighted by Crippen LogP contribution is -2.23. The maximum Gasteiger partial charge on any atom is 0.252 e. The fourth-order valence-corrected chi connectivity index (χ4v) is 3.66. The number of para-hydroxylation sites is 1. The highest BCUT2D eigenvalue weighted by atomic mass is 32.1. The van der Waals surface area contributed by atoms with Crippen LogP contribution in [-0.4, -0.2) is 15.9 Å². The normalized spacial score (nSPS) is 10.8. The predicted octanol–water partition coefficient (Wildman–Crippen LogP) is 4.60. The van der Waals surface area contributed by atoms with Gasteiger partial charge in [0.25, 0.3) is 5.91 Å². The molecule has 0 fully saturated rings. The first-order chi connectivity index (χ1) is 12.7. The molecule has 0 saturated heterocycles. The van der Waals surface area contributed by atoms with Crippen LogP contribution in [0.5, 0.6) is 0 Å². The van der Waals surface area contributed by atoms with E-state index in [1.165, 1.54) is 4.88 Å². The van der Waals surface area contributed by atoms with E-state index in [4.69, 9.17) is 4.98 Å².